The molecule has 9 aromatic rings. The van der Waals surface area contributed by atoms with Crippen molar-refractivity contribution >= 4 is 54.3 Å². The molecule has 0 N–H and O–H groups in total. The summed E-state index contributed by atoms with van der Waals surface area (Å²) in [7, 11) is 0. The number of furan rings is 1. The van der Waals surface area contributed by atoms with Gasteiger partial charge in [-0.3, -0.25) is 0 Å². The SMILES string of the molecule is [2H]c1c([2H])c([2H])c(-c2ccc3cc4c(cc3c2)oc2cccc(-c3c5ccccc5c(-c5ccccc5)c5ccccc35)c24)c([2H])c1[2H]. The van der Waals surface area contributed by atoms with Crippen LogP contribution in [-0.2, 0) is 0 Å². The summed E-state index contributed by atoms with van der Waals surface area (Å²) in [5.41, 5.74) is 6.90. The molecule has 0 bridgehead atoms. The number of hydrogen-bond acceptors (Lipinski definition) is 1. The monoisotopic (exact) mass is 551 g/mol. The fourth-order valence-electron chi connectivity index (χ4n) is 6.66. The predicted molar refractivity (Wildman–Crippen MR) is 183 cm³/mol. The van der Waals surface area contributed by atoms with E-state index in [-0.39, 0.29) is 29.7 Å². The second kappa shape index (κ2) is 9.44. The molecule has 1 aromatic heterocycles. The van der Waals surface area contributed by atoms with Crippen molar-refractivity contribution in [2.24, 2.45) is 0 Å². The largest absolute Gasteiger partial charge is 0.456 e. The Morgan fingerprint density at radius 3 is 1.81 bits per heavy atom. The zero-order chi connectivity index (χ0) is 32.7. The summed E-state index contributed by atoms with van der Waals surface area (Å²) in [4.78, 5) is 0. The Labute approximate surface area is 256 Å². The third kappa shape index (κ3) is 3.72. The molecular formula is C42H26O. The van der Waals surface area contributed by atoms with E-state index < -0.39 is 6.04 Å². The lowest BCUT2D eigenvalue weighted by Crippen LogP contribution is -1.91. The highest BCUT2D eigenvalue weighted by atomic mass is 16.3. The maximum atomic E-state index is 8.48. The molecule has 0 fully saturated rings. The van der Waals surface area contributed by atoms with Gasteiger partial charge in [0, 0.05) is 10.8 Å². The van der Waals surface area contributed by atoms with Crippen molar-refractivity contribution in [1.82, 2.24) is 0 Å². The van der Waals surface area contributed by atoms with Crippen molar-refractivity contribution < 1.29 is 11.3 Å². The first kappa shape index (κ1) is 19.5. The number of fused-ring (bicyclic) bond motifs is 6. The first-order chi connectivity index (χ1) is 23.4. The third-order valence-electron chi connectivity index (χ3n) is 8.51. The highest BCUT2D eigenvalue weighted by Crippen LogP contribution is 2.47. The molecule has 0 aliphatic heterocycles. The molecule has 200 valence electrons. The first-order valence-corrected chi connectivity index (χ1v) is 14.4. The van der Waals surface area contributed by atoms with Crippen LogP contribution in [0.2, 0.25) is 0 Å². The fourth-order valence-corrected chi connectivity index (χ4v) is 6.66. The molecule has 0 spiro atoms. The van der Waals surface area contributed by atoms with E-state index in [2.05, 4.69) is 84.9 Å². The maximum Gasteiger partial charge on any atom is 0.136 e. The van der Waals surface area contributed by atoms with Crippen LogP contribution in [0.25, 0.3) is 87.6 Å². The van der Waals surface area contributed by atoms with Crippen LogP contribution in [0.5, 0.6) is 0 Å². The summed E-state index contributed by atoms with van der Waals surface area (Å²) < 4.78 is 47.7. The van der Waals surface area contributed by atoms with Crippen LogP contribution in [0, 0.1) is 0 Å². The maximum absolute atomic E-state index is 8.48. The van der Waals surface area contributed by atoms with Crippen LogP contribution in [0.4, 0.5) is 0 Å². The molecule has 0 atom stereocenters. The molecule has 1 heteroatoms. The zero-order valence-electron chi connectivity index (χ0n) is 28.0. The van der Waals surface area contributed by atoms with E-state index in [4.69, 9.17) is 11.3 Å². The fraction of sp³-hybridized carbons (Fsp3) is 0. The van der Waals surface area contributed by atoms with Gasteiger partial charge in [-0.05, 0) is 90.0 Å². The zero-order valence-corrected chi connectivity index (χ0v) is 23.0. The Morgan fingerprint density at radius 1 is 0.419 bits per heavy atom. The topological polar surface area (TPSA) is 13.1 Å². The van der Waals surface area contributed by atoms with E-state index in [9.17, 15) is 0 Å². The van der Waals surface area contributed by atoms with Crippen LogP contribution >= 0.6 is 0 Å². The molecule has 0 aliphatic rings. The van der Waals surface area contributed by atoms with Crippen LogP contribution in [0.3, 0.4) is 0 Å². The van der Waals surface area contributed by atoms with Crippen molar-refractivity contribution in [1.29, 1.82) is 0 Å². The molecular weight excluding hydrogens is 520 g/mol. The van der Waals surface area contributed by atoms with Gasteiger partial charge in [-0.2, -0.15) is 0 Å². The first-order valence-electron chi connectivity index (χ1n) is 16.9. The summed E-state index contributed by atoms with van der Waals surface area (Å²) >= 11 is 0. The minimum atomic E-state index is -0.399. The van der Waals surface area contributed by atoms with E-state index in [1.165, 1.54) is 32.7 Å². The highest BCUT2D eigenvalue weighted by molar-refractivity contribution is 6.26. The molecule has 43 heavy (non-hydrogen) atoms. The van der Waals surface area contributed by atoms with E-state index >= 15 is 0 Å². The second-order valence-electron chi connectivity index (χ2n) is 10.9. The summed E-state index contributed by atoms with van der Waals surface area (Å²) in [6, 6.07) is 42.3. The minimum Gasteiger partial charge on any atom is -0.456 e. The Hall–Kier alpha value is -5.66. The average Bonchev–Trinajstić information content (AvgIpc) is 3.49. The van der Waals surface area contributed by atoms with E-state index in [1.807, 2.05) is 42.5 Å². The standard InChI is InChI=1S/C42H26O/c1-3-12-27(13-4-1)29-22-23-30-25-37-39(26-31(30)24-29)43-38-21-11-20-36(42(37)38)41-34-18-9-7-16-32(34)40(28-14-5-2-6-15-28)33-17-8-10-19-35(33)41/h1-26H/i1D,3D,4D,12D,13D. The smallest absolute Gasteiger partial charge is 0.136 e. The second-order valence-corrected chi connectivity index (χ2v) is 10.9. The quantitative estimate of drug-likeness (QED) is 0.199. The molecule has 1 nitrogen and oxygen atoms in total. The molecule has 0 amide bonds. The molecule has 0 unspecified atom stereocenters. The lowest BCUT2D eigenvalue weighted by atomic mass is 9.85. The van der Waals surface area contributed by atoms with Gasteiger partial charge >= 0.3 is 0 Å². The number of hydrogen-bond donors (Lipinski definition) is 0. The third-order valence-corrected chi connectivity index (χ3v) is 8.51. The van der Waals surface area contributed by atoms with E-state index in [0.29, 0.717) is 5.56 Å². The van der Waals surface area contributed by atoms with Crippen molar-refractivity contribution in [3.8, 4) is 33.4 Å². The lowest BCUT2D eigenvalue weighted by molar-refractivity contribution is 0.669. The van der Waals surface area contributed by atoms with Gasteiger partial charge in [-0.1, -0.05) is 133 Å². The average molecular weight is 552 g/mol. The van der Waals surface area contributed by atoms with Gasteiger partial charge in [0.15, 0.2) is 0 Å². The predicted octanol–water partition coefficient (Wildman–Crippen LogP) is 12.0. The van der Waals surface area contributed by atoms with Gasteiger partial charge in [0.2, 0.25) is 0 Å². The minimum absolute atomic E-state index is 0.188. The highest BCUT2D eigenvalue weighted by Gasteiger charge is 2.20. The van der Waals surface area contributed by atoms with Crippen molar-refractivity contribution in [2.45, 2.75) is 0 Å². The summed E-state index contributed by atoms with van der Waals surface area (Å²) in [6.45, 7) is 0. The Kier molecular flexibility index (Phi) is 4.27. The molecule has 8 aromatic carbocycles. The molecule has 9 rings (SSSR count). The summed E-state index contributed by atoms with van der Waals surface area (Å²) in [5, 5.41) is 8.55. The van der Waals surface area contributed by atoms with Crippen molar-refractivity contribution in [2.75, 3.05) is 0 Å². The van der Waals surface area contributed by atoms with Crippen molar-refractivity contribution in [3.05, 3.63) is 158 Å². The number of rotatable bonds is 3. The Balaban J connectivity index is 1.32. The number of benzene rings is 8. The Bertz CT molecular complexity index is 2700. The van der Waals surface area contributed by atoms with Crippen LogP contribution in [0.1, 0.15) is 6.85 Å². The van der Waals surface area contributed by atoms with Crippen LogP contribution in [0.15, 0.2) is 162 Å². The normalized spacial score (nSPS) is 13.3. The van der Waals surface area contributed by atoms with Gasteiger partial charge < -0.3 is 4.42 Å². The van der Waals surface area contributed by atoms with E-state index in [0.717, 1.165) is 43.8 Å². The van der Waals surface area contributed by atoms with Gasteiger partial charge in [-0.15, -0.1) is 0 Å². The van der Waals surface area contributed by atoms with Gasteiger partial charge in [0.05, 0.1) is 6.85 Å². The van der Waals surface area contributed by atoms with E-state index in [1.54, 1.807) is 0 Å². The Morgan fingerprint density at radius 2 is 1.09 bits per heavy atom. The summed E-state index contributed by atoms with van der Waals surface area (Å²) in [6.07, 6.45) is 0. The summed E-state index contributed by atoms with van der Waals surface area (Å²) in [5.74, 6) is 0. The van der Waals surface area contributed by atoms with Crippen molar-refractivity contribution in [3.63, 3.8) is 0 Å². The molecule has 0 saturated heterocycles. The molecule has 1 heterocycles. The molecule has 0 radical (unpaired) electrons. The van der Waals surface area contributed by atoms with Crippen LogP contribution in [-0.4, -0.2) is 0 Å². The molecule has 0 saturated carbocycles. The van der Waals surface area contributed by atoms with Gasteiger partial charge in [0.1, 0.15) is 11.2 Å². The van der Waals surface area contributed by atoms with Crippen LogP contribution < -0.4 is 0 Å². The molecule has 0 aliphatic carbocycles. The van der Waals surface area contributed by atoms with Gasteiger partial charge in [-0.25, -0.2) is 0 Å². The van der Waals surface area contributed by atoms with Gasteiger partial charge in [0.25, 0.3) is 0 Å². The lowest BCUT2D eigenvalue weighted by Gasteiger charge is -2.18.